The summed E-state index contributed by atoms with van der Waals surface area (Å²) in [5.41, 5.74) is 0.766. The van der Waals surface area contributed by atoms with E-state index in [1.165, 1.54) is 10.8 Å². The minimum absolute atomic E-state index is 0.230. The van der Waals surface area contributed by atoms with Crippen LogP contribution in [-0.4, -0.2) is 19.6 Å². The van der Waals surface area contributed by atoms with Gasteiger partial charge in [-0.15, -0.1) is 0 Å². The Morgan fingerprint density at radius 2 is 1.77 bits per heavy atom. The molecule has 0 unspecified atom stereocenters. The lowest BCUT2D eigenvalue weighted by Crippen LogP contribution is -2.43. The van der Waals surface area contributed by atoms with Gasteiger partial charge in [0.25, 0.3) is 5.56 Å². The standard InChI is InChI=1S/C22H20N6O3/c1-4-26-12-16(10-23)21(30)27(22(26)31)13-19(29)25-20-18(11-24)14(2)15(3)28(20)17-8-6-5-7-9-17/h5-9,12H,4,13H2,1-3H3,(H,25,29). The van der Waals surface area contributed by atoms with Crippen LogP contribution in [-0.2, 0) is 17.9 Å². The highest BCUT2D eigenvalue weighted by Crippen LogP contribution is 2.29. The zero-order valence-electron chi connectivity index (χ0n) is 17.3. The molecule has 0 aliphatic carbocycles. The van der Waals surface area contributed by atoms with Crippen molar-refractivity contribution in [3.63, 3.8) is 0 Å². The Kier molecular flexibility index (Phi) is 5.89. The number of nitrogens with zero attached hydrogens (tertiary/aromatic N) is 5. The van der Waals surface area contributed by atoms with Gasteiger partial charge in [-0.25, -0.2) is 9.36 Å². The van der Waals surface area contributed by atoms with Gasteiger partial charge >= 0.3 is 5.69 Å². The molecule has 0 spiro atoms. The maximum absolute atomic E-state index is 12.8. The molecule has 0 bridgehead atoms. The smallest absolute Gasteiger partial charge is 0.309 e. The van der Waals surface area contributed by atoms with E-state index in [0.717, 1.165) is 15.9 Å². The summed E-state index contributed by atoms with van der Waals surface area (Å²) in [4.78, 5) is 37.8. The van der Waals surface area contributed by atoms with E-state index in [1.807, 2.05) is 37.3 Å². The van der Waals surface area contributed by atoms with E-state index in [1.54, 1.807) is 24.5 Å². The summed E-state index contributed by atoms with van der Waals surface area (Å²) < 4.78 is 3.65. The number of carbonyl (C=O) groups is 1. The van der Waals surface area contributed by atoms with Crippen molar-refractivity contribution in [1.29, 1.82) is 10.5 Å². The summed E-state index contributed by atoms with van der Waals surface area (Å²) in [7, 11) is 0. The molecule has 2 heterocycles. The number of aryl methyl sites for hydroxylation is 1. The molecule has 0 atom stereocenters. The number of benzene rings is 1. The molecule has 0 saturated heterocycles. The Morgan fingerprint density at radius 3 is 2.35 bits per heavy atom. The highest BCUT2D eigenvalue weighted by atomic mass is 16.2. The van der Waals surface area contributed by atoms with Crippen molar-refractivity contribution in [3.8, 4) is 17.8 Å². The SMILES string of the molecule is CCn1cc(C#N)c(=O)n(CC(=O)Nc2c(C#N)c(C)c(C)n2-c2ccccc2)c1=O. The predicted molar refractivity (Wildman–Crippen MR) is 114 cm³/mol. The highest BCUT2D eigenvalue weighted by molar-refractivity contribution is 5.92. The lowest BCUT2D eigenvalue weighted by atomic mass is 10.2. The molecule has 3 aromatic rings. The number of aromatic nitrogens is 3. The summed E-state index contributed by atoms with van der Waals surface area (Å²) >= 11 is 0. The molecule has 3 rings (SSSR count). The summed E-state index contributed by atoms with van der Waals surface area (Å²) in [6.07, 6.45) is 1.18. The van der Waals surface area contributed by atoms with Gasteiger partial charge < -0.3 is 5.32 Å². The average Bonchev–Trinajstić information content (AvgIpc) is 3.01. The second-order valence-electron chi connectivity index (χ2n) is 6.88. The number of hydrogen-bond donors (Lipinski definition) is 1. The van der Waals surface area contributed by atoms with Crippen LogP contribution >= 0.6 is 0 Å². The second kappa shape index (κ2) is 8.56. The molecule has 0 aliphatic rings. The highest BCUT2D eigenvalue weighted by Gasteiger charge is 2.22. The molecule has 9 nitrogen and oxygen atoms in total. The molecule has 31 heavy (non-hydrogen) atoms. The van der Waals surface area contributed by atoms with Crippen LogP contribution in [0.15, 0.2) is 46.1 Å². The minimum atomic E-state index is -0.835. The van der Waals surface area contributed by atoms with Gasteiger partial charge in [0.15, 0.2) is 0 Å². The zero-order chi connectivity index (χ0) is 22.7. The zero-order valence-corrected chi connectivity index (χ0v) is 17.3. The Balaban J connectivity index is 2.06. The van der Waals surface area contributed by atoms with Crippen LogP contribution in [0, 0.1) is 36.5 Å². The second-order valence-corrected chi connectivity index (χ2v) is 6.88. The molecule has 0 fully saturated rings. The van der Waals surface area contributed by atoms with Gasteiger partial charge in [-0.2, -0.15) is 10.5 Å². The van der Waals surface area contributed by atoms with Gasteiger partial charge in [-0.3, -0.25) is 18.7 Å². The number of rotatable bonds is 5. The van der Waals surface area contributed by atoms with E-state index in [9.17, 15) is 19.6 Å². The molecule has 0 aliphatic heterocycles. The lowest BCUT2D eigenvalue weighted by Gasteiger charge is -2.14. The summed E-state index contributed by atoms with van der Waals surface area (Å²) in [6, 6.07) is 13.1. The Labute approximate surface area is 178 Å². The Hall–Kier alpha value is -4.37. The molecule has 2 aromatic heterocycles. The minimum Gasteiger partial charge on any atom is -0.309 e. The first-order valence-electron chi connectivity index (χ1n) is 9.55. The van der Waals surface area contributed by atoms with Gasteiger partial charge in [0.2, 0.25) is 5.91 Å². The van der Waals surface area contributed by atoms with Crippen molar-refractivity contribution in [3.05, 3.63) is 79.8 Å². The topological polar surface area (TPSA) is 126 Å². The molecular formula is C22H20N6O3. The quantitative estimate of drug-likeness (QED) is 0.679. The summed E-state index contributed by atoms with van der Waals surface area (Å²) in [5.74, 6) is -0.405. The molecule has 0 saturated carbocycles. The summed E-state index contributed by atoms with van der Waals surface area (Å²) in [5, 5.41) is 21.5. The number of hydrogen-bond acceptors (Lipinski definition) is 5. The van der Waals surface area contributed by atoms with Crippen molar-refractivity contribution < 1.29 is 4.79 Å². The molecule has 9 heteroatoms. The number of amides is 1. The molecule has 1 aromatic carbocycles. The maximum atomic E-state index is 12.8. The van der Waals surface area contributed by atoms with E-state index in [2.05, 4.69) is 11.4 Å². The predicted octanol–water partition coefficient (Wildman–Crippen LogP) is 1.82. The maximum Gasteiger partial charge on any atom is 0.331 e. The van der Waals surface area contributed by atoms with Gasteiger partial charge in [0.05, 0.1) is 5.56 Å². The van der Waals surface area contributed by atoms with Crippen LogP contribution in [0.25, 0.3) is 5.69 Å². The van der Waals surface area contributed by atoms with E-state index < -0.39 is 23.7 Å². The van der Waals surface area contributed by atoms with Crippen molar-refractivity contribution in [1.82, 2.24) is 13.7 Å². The average molecular weight is 416 g/mol. The van der Waals surface area contributed by atoms with Crippen LogP contribution in [0.4, 0.5) is 5.82 Å². The van der Waals surface area contributed by atoms with E-state index in [4.69, 9.17) is 5.26 Å². The van der Waals surface area contributed by atoms with Crippen molar-refractivity contribution >= 4 is 11.7 Å². The van der Waals surface area contributed by atoms with E-state index in [-0.39, 0.29) is 17.9 Å². The molecule has 0 radical (unpaired) electrons. The van der Waals surface area contributed by atoms with Crippen molar-refractivity contribution in [2.75, 3.05) is 5.32 Å². The number of nitrogens with one attached hydrogen (secondary N) is 1. The Morgan fingerprint density at radius 1 is 1.10 bits per heavy atom. The third-order valence-electron chi connectivity index (χ3n) is 5.10. The largest absolute Gasteiger partial charge is 0.331 e. The monoisotopic (exact) mass is 416 g/mol. The number of anilines is 1. The van der Waals surface area contributed by atoms with Crippen molar-refractivity contribution in [2.24, 2.45) is 0 Å². The third-order valence-corrected chi connectivity index (χ3v) is 5.10. The van der Waals surface area contributed by atoms with Gasteiger partial charge in [-0.05, 0) is 38.5 Å². The number of para-hydroxylation sites is 1. The first-order valence-corrected chi connectivity index (χ1v) is 9.55. The third kappa shape index (κ3) is 3.77. The summed E-state index contributed by atoms with van der Waals surface area (Å²) in [6.45, 7) is 4.96. The first-order chi connectivity index (χ1) is 14.8. The normalized spacial score (nSPS) is 10.4. The fourth-order valence-electron chi connectivity index (χ4n) is 3.37. The van der Waals surface area contributed by atoms with Crippen LogP contribution in [0.1, 0.15) is 29.3 Å². The Bertz CT molecular complexity index is 1360. The van der Waals surface area contributed by atoms with Crippen LogP contribution in [0.5, 0.6) is 0 Å². The van der Waals surface area contributed by atoms with Gasteiger partial charge in [-0.1, -0.05) is 18.2 Å². The van der Waals surface area contributed by atoms with Crippen LogP contribution in [0.3, 0.4) is 0 Å². The fraction of sp³-hybridized carbons (Fsp3) is 0.227. The fourth-order valence-corrected chi connectivity index (χ4v) is 3.37. The number of carbonyl (C=O) groups excluding carboxylic acids is 1. The first kappa shape index (κ1) is 21.3. The van der Waals surface area contributed by atoms with Gasteiger partial charge in [0, 0.05) is 24.1 Å². The molecule has 1 N–H and O–H groups in total. The molecule has 1 amide bonds. The number of nitriles is 2. The molecule has 156 valence electrons. The lowest BCUT2D eigenvalue weighted by molar-refractivity contribution is -0.116. The van der Waals surface area contributed by atoms with Crippen molar-refractivity contribution in [2.45, 2.75) is 33.9 Å². The van der Waals surface area contributed by atoms with Gasteiger partial charge in [0.1, 0.15) is 30.1 Å². The van der Waals surface area contributed by atoms with E-state index >= 15 is 0 Å². The van der Waals surface area contributed by atoms with E-state index in [0.29, 0.717) is 11.1 Å². The molecular weight excluding hydrogens is 396 g/mol. The van der Waals surface area contributed by atoms with Crippen LogP contribution in [0.2, 0.25) is 0 Å². The van der Waals surface area contributed by atoms with Crippen LogP contribution < -0.4 is 16.6 Å².